The van der Waals surface area contributed by atoms with Gasteiger partial charge in [-0.2, -0.15) is 27.7 Å². The van der Waals surface area contributed by atoms with Crippen LogP contribution < -0.4 is 9.47 Å². The first-order valence-corrected chi connectivity index (χ1v) is 14.1. The van der Waals surface area contributed by atoms with Gasteiger partial charge in [0.1, 0.15) is 5.75 Å². The van der Waals surface area contributed by atoms with Crippen LogP contribution in [0.25, 0.3) is 6.08 Å². The van der Waals surface area contributed by atoms with Crippen LogP contribution in [-0.2, 0) is 21.0 Å². The SMILES string of the molecule is CCS(=O)(=O)N1CCN(C2=NC(=O)/C(=C/c3ccc(Oc4ccc(C#N)cc4C(F)(F)F)c(OC)c3)S2)CC1. The van der Waals surface area contributed by atoms with Gasteiger partial charge in [0.25, 0.3) is 5.91 Å². The molecule has 0 radical (unpaired) electrons. The van der Waals surface area contributed by atoms with E-state index in [2.05, 4.69) is 4.99 Å². The Bertz CT molecular complexity index is 1490. The molecule has 1 amide bonds. The molecule has 0 aliphatic carbocycles. The van der Waals surface area contributed by atoms with E-state index in [0.717, 1.165) is 17.8 Å². The van der Waals surface area contributed by atoms with E-state index in [0.29, 0.717) is 47.9 Å². The van der Waals surface area contributed by atoms with Crippen LogP contribution >= 0.6 is 11.8 Å². The number of rotatable bonds is 6. The highest BCUT2D eigenvalue weighted by Gasteiger charge is 2.35. The summed E-state index contributed by atoms with van der Waals surface area (Å²) in [6.45, 7) is 3.00. The molecule has 39 heavy (non-hydrogen) atoms. The number of carbonyl (C=O) groups excluding carboxylic acids is 1. The van der Waals surface area contributed by atoms with Crippen molar-refractivity contribution in [1.29, 1.82) is 5.26 Å². The molecule has 2 aromatic rings. The van der Waals surface area contributed by atoms with Gasteiger partial charge in [0.2, 0.25) is 10.0 Å². The van der Waals surface area contributed by atoms with E-state index in [4.69, 9.17) is 14.7 Å². The molecule has 1 saturated heterocycles. The molecule has 0 aromatic heterocycles. The van der Waals surface area contributed by atoms with Gasteiger partial charge in [-0.15, -0.1) is 0 Å². The molecular weight excluding hydrogens is 557 g/mol. The summed E-state index contributed by atoms with van der Waals surface area (Å²) >= 11 is 1.16. The second-order valence-electron chi connectivity index (χ2n) is 8.43. The maximum Gasteiger partial charge on any atom is 0.420 e. The number of benzene rings is 2. The van der Waals surface area contributed by atoms with E-state index >= 15 is 0 Å². The van der Waals surface area contributed by atoms with E-state index < -0.39 is 33.4 Å². The zero-order valence-corrected chi connectivity index (χ0v) is 22.5. The molecule has 0 unspecified atom stereocenters. The Kier molecular flexibility index (Phi) is 8.24. The normalized spacial score (nSPS) is 17.7. The number of alkyl halides is 3. The third kappa shape index (κ3) is 6.38. The standard InChI is InChI=1S/C25H23F3N4O5S2/c1-3-39(34,35)32-10-8-31(9-11-32)24-30-23(33)22(38-24)14-16-4-7-20(21(13-16)36-2)37-19-6-5-17(15-29)12-18(19)25(26,27)28/h4-7,12-14H,3,8-11H2,1-2H3/b22-14-. The number of hydrogen-bond acceptors (Lipinski definition) is 8. The summed E-state index contributed by atoms with van der Waals surface area (Å²) in [4.78, 5) is 18.8. The number of hydrogen-bond donors (Lipinski definition) is 0. The van der Waals surface area contributed by atoms with E-state index in [1.54, 1.807) is 25.1 Å². The first kappa shape index (κ1) is 28.5. The van der Waals surface area contributed by atoms with Gasteiger partial charge >= 0.3 is 6.18 Å². The Labute approximate surface area is 227 Å². The minimum atomic E-state index is -4.74. The average molecular weight is 581 g/mol. The number of amides is 1. The third-order valence-corrected chi connectivity index (χ3v) is 8.92. The number of piperazine rings is 1. The first-order chi connectivity index (χ1) is 18.4. The molecule has 0 N–H and O–H groups in total. The van der Waals surface area contributed by atoms with Crippen LogP contribution in [0.2, 0.25) is 0 Å². The molecule has 0 saturated carbocycles. The maximum atomic E-state index is 13.5. The van der Waals surface area contributed by atoms with Crippen LogP contribution in [0.4, 0.5) is 13.2 Å². The van der Waals surface area contributed by atoms with Crippen molar-refractivity contribution in [2.75, 3.05) is 39.0 Å². The molecule has 2 aliphatic heterocycles. The summed E-state index contributed by atoms with van der Waals surface area (Å²) < 4.78 is 77.0. The highest BCUT2D eigenvalue weighted by molar-refractivity contribution is 8.18. The number of halogens is 3. The molecule has 9 nitrogen and oxygen atoms in total. The molecule has 1 fully saturated rings. The van der Waals surface area contributed by atoms with Gasteiger partial charge < -0.3 is 14.4 Å². The van der Waals surface area contributed by atoms with Crippen molar-refractivity contribution in [2.45, 2.75) is 13.1 Å². The monoisotopic (exact) mass is 580 g/mol. The molecule has 0 spiro atoms. The molecule has 206 valence electrons. The zero-order chi connectivity index (χ0) is 28.4. The van der Waals surface area contributed by atoms with E-state index in [1.165, 1.54) is 29.6 Å². The van der Waals surface area contributed by atoms with Crippen LogP contribution in [0.15, 0.2) is 46.3 Å². The fourth-order valence-electron chi connectivity index (χ4n) is 3.91. The lowest BCUT2D eigenvalue weighted by Crippen LogP contribution is -2.50. The molecule has 0 atom stereocenters. The van der Waals surface area contributed by atoms with Gasteiger partial charge in [0, 0.05) is 26.2 Å². The number of carbonyl (C=O) groups is 1. The summed E-state index contributed by atoms with van der Waals surface area (Å²) in [6, 6.07) is 9.17. The number of ether oxygens (including phenoxy) is 2. The smallest absolute Gasteiger partial charge is 0.420 e. The summed E-state index contributed by atoms with van der Waals surface area (Å²) in [7, 11) is -1.95. The van der Waals surface area contributed by atoms with Crippen LogP contribution in [-0.4, -0.2) is 67.7 Å². The molecule has 2 heterocycles. The molecular formula is C25H23F3N4O5S2. The number of methoxy groups -OCH3 is 1. The second-order valence-corrected chi connectivity index (χ2v) is 11.7. The van der Waals surface area contributed by atoms with Crippen molar-refractivity contribution in [2.24, 2.45) is 4.99 Å². The number of sulfonamides is 1. The third-order valence-electron chi connectivity index (χ3n) is 6.00. The topological polar surface area (TPSA) is 112 Å². The van der Waals surface area contributed by atoms with Gasteiger partial charge in [-0.25, -0.2) is 8.42 Å². The van der Waals surface area contributed by atoms with E-state index in [1.807, 2.05) is 4.90 Å². The molecule has 2 aromatic carbocycles. The van der Waals surface area contributed by atoms with Crippen LogP contribution in [0.3, 0.4) is 0 Å². The molecule has 4 rings (SSSR count). The van der Waals surface area contributed by atoms with Crippen LogP contribution in [0, 0.1) is 11.3 Å². The first-order valence-electron chi connectivity index (χ1n) is 11.7. The van der Waals surface area contributed by atoms with Crippen molar-refractivity contribution < 1.29 is 35.9 Å². The van der Waals surface area contributed by atoms with Crippen LogP contribution in [0.5, 0.6) is 17.2 Å². The Balaban J connectivity index is 1.49. The van der Waals surface area contributed by atoms with Crippen molar-refractivity contribution in [3.63, 3.8) is 0 Å². The Morgan fingerprint density at radius 1 is 1.10 bits per heavy atom. The number of nitriles is 1. The van der Waals surface area contributed by atoms with Gasteiger partial charge in [-0.05, 0) is 60.7 Å². The van der Waals surface area contributed by atoms with Gasteiger partial charge in [0.15, 0.2) is 16.7 Å². The Morgan fingerprint density at radius 3 is 2.41 bits per heavy atom. The minimum absolute atomic E-state index is 0.0112. The Morgan fingerprint density at radius 2 is 1.79 bits per heavy atom. The van der Waals surface area contributed by atoms with Crippen molar-refractivity contribution in [1.82, 2.24) is 9.21 Å². The average Bonchev–Trinajstić information content (AvgIpc) is 3.28. The largest absolute Gasteiger partial charge is 0.493 e. The lowest BCUT2D eigenvalue weighted by molar-refractivity contribution is -0.138. The van der Waals surface area contributed by atoms with Crippen molar-refractivity contribution in [3.8, 4) is 23.3 Å². The van der Waals surface area contributed by atoms with Crippen molar-refractivity contribution in [3.05, 3.63) is 58.0 Å². The van der Waals surface area contributed by atoms with Gasteiger partial charge in [-0.1, -0.05) is 6.07 Å². The summed E-state index contributed by atoms with van der Waals surface area (Å²) in [5.74, 6) is -0.774. The highest BCUT2D eigenvalue weighted by Crippen LogP contribution is 2.41. The predicted octanol–water partition coefficient (Wildman–Crippen LogP) is 4.32. The summed E-state index contributed by atoms with van der Waals surface area (Å²) in [6.07, 6.45) is -3.16. The highest BCUT2D eigenvalue weighted by atomic mass is 32.2. The van der Waals surface area contributed by atoms with Crippen molar-refractivity contribution >= 4 is 38.9 Å². The molecule has 2 aliphatic rings. The minimum Gasteiger partial charge on any atom is -0.493 e. The van der Waals surface area contributed by atoms with Gasteiger partial charge in [-0.3, -0.25) is 4.79 Å². The molecule has 0 bridgehead atoms. The fourth-order valence-corrected chi connectivity index (χ4v) is 5.96. The molecule has 14 heteroatoms. The summed E-state index contributed by atoms with van der Waals surface area (Å²) in [5.41, 5.74) is -0.724. The lowest BCUT2D eigenvalue weighted by atomic mass is 10.1. The maximum absolute atomic E-state index is 13.5. The number of nitrogens with zero attached hydrogens (tertiary/aromatic N) is 4. The van der Waals surface area contributed by atoms with Crippen LogP contribution in [0.1, 0.15) is 23.6 Å². The number of aliphatic imine (C=N–C) groups is 1. The van der Waals surface area contributed by atoms with E-state index in [-0.39, 0.29) is 22.8 Å². The van der Waals surface area contributed by atoms with E-state index in [9.17, 15) is 26.4 Å². The number of amidine groups is 1. The lowest BCUT2D eigenvalue weighted by Gasteiger charge is -2.34. The number of thioether (sulfide) groups is 1. The van der Waals surface area contributed by atoms with Gasteiger partial charge in [0.05, 0.1) is 35.0 Å². The zero-order valence-electron chi connectivity index (χ0n) is 20.9. The fraction of sp³-hybridized carbons (Fsp3) is 0.320. The summed E-state index contributed by atoms with van der Waals surface area (Å²) in [5, 5.41) is 9.43. The quantitative estimate of drug-likeness (QED) is 0.465. The Hall–Kier alpha value is -3.54. The second kappa shape index (κ2) is 11.3. The predicted molar refractivity (Wildman–Crippen MR) is 140 cm³/mol.